The summed E-state index contributed by atoms with van der Waals surface area (Å²) in [5.41, 5.74) is 0. The molecule has 2 aliphatic rings. The molecule has 1 fully saturated rings. The van der Waals surface area contributed by atoms with Crippen molar-refractivity contribution in [1.82, 2.24) is 0 Å². The van der Waals surface area contributed by atoms with Gasteiger partial charge in [0.05, 0.1) is 13.2 Å². The Morgan fingerprint density at radius 1 is 1.35 bits per heavy atom. The van der Waals surface area contributed by atoms with E-state index in [1.165, 1.54) is 0 Å². The Balaban J connectivity index is 1.71. The number of para-hydroxylation sites is 1. The third kappa shape index (κ3) is 2.30. The van der Waals surface area contributed by atoms with Gasteiger partial charge in [0.15, 0.2) is 11.5 Å². The van der Waals surface area contributed by atoms with Gasteiger partial charge in [-0.25, -0.2) is 0 Å². The fourth-order valence-corrected chi connectivity index (χ4v) is 1.59. The van der Waals surface area contributed by atoms with E-state index in [2.05, 4.69) is 0 Å². The van der Waals surface area contributed by atoms with Crippen LogP contribution in [0.2, 0.25) is 0 Å². The van der Waals surface area contributed by atoms with Gasteiger partial charge in [0.25, 0.3) is 0 Å². The van der Waals surface area contributed by atoms with Gasteiger partial charge in [-0.3, -0.25) is 0 Å². The van der Waals surface area contributed by atoms with E-state index in [0.29, 0.717) is 30.5 Å². The highest BCUT2D eigenvalue weighted by Crippen LogP contribution is 2.42. The average Bonchev–Trinajstić information content (AvgIpc) is 3.06. The van der Waals surface area contributed by atoms with E-state index in [1.54, 1.807) is 0 Å². The van der Waals surface area contributed by atoms with E-state index >= 15 is 0 Å². The monoisotopic (exact) mass is 238 g/mol. The van der Waals surface area contributed by atoms with E-state index in [1.807, 2.05) is 25.1 Å². The summed E-state index contributed by atoms with van der Waals surface area (Å²) in [6.07, 6.45) is 0.218. The van der Waals surface area contributed by atoms with Crippen molar-refractivity contribution in [3.05, 3.63) is 18.2 Å². The Hall–Kier alpha value is -1.46. The largest absolute Gasteiger partial charge is 0.487 e. The second-order valence-corrected chi connectivity index (χ2v) is 3.83. The summed E-state index contributed by atoms with van der Waals surface area (Å²) in [6, 6.07) is 5.54. The molecule has 5 nitrogen and oxygen atoms in total. The molecule has 2 unspecified atom stereocenters. The summed E-state index contributed by atoms with van der Waals surface area (Å²) < 4.78 is 26.9. The fourth-order valence-electron chi connectivity index (χ4n) is 1.59. The molecule has 1 aromatic rings. The summed E-state index contributed by atoms with van der Waals surface area (Å²) >= 11 is 0. The molecular formula is C12H14O5. The normalized spacial score (nSPS) is 24.8. The van der Waals surface area contributed by atoms with Crippen molar-refractivity contribution in [1.29, 1.82) is 0 Å². The van der Waals surface area contributed by atoms with Crippen LogP contribution in [0.25, 0.3) is 0 Å². The molecule has 0 N–H and O–H groups in total. The Labute approximate surface area is 99.2 Å². The number of hydrogen-bond donors (Lipinski definition) is 0. The Bertz CT molecular complexity index is 402. The first kappa shape index (κ1) is 10.7. The molecule has 2 aliphatic heterocycles. The van der Waals surface area contributed by atoms with E-state index in [0.717, 1.165) is 6.61 Å². The van der Waals surface area contributed by atoms with Gasteiger partial charge >= 0.3 is 6.48 Å². The maximum atomic E-state index is 5.61. The lowest BCUT2D eigenvalue weighted by Crippen LogP contribution is -2.21. The molecule has 92 valence electrons. The van der Waals surface area contributed by atoms with Crippen LogP contribution in [0.15, 0.2) is 18.2 Å². The molecule has 2 heterocycles. The lowest BCUT2D eigenvalue weighted by molar-refractivity contribution is -0.173. The van der Waals surface area contributed by atoms with Gasteiger partial charge < -0.3 is 23.7 Å². The lowest BCUT2D eigenvalue weighted by atomic mass is 10.3. The van der Waals surface area contributed by atoms with Crippen LogP contribution in [-0.2, 0) is 9.47 Å². The van der Waals surface area contributed by atoms with Crippen molar-refractivity contribution in [3.8, 4) is 17.2 Å². The zero-order valence-corrected chi connectivity index (χ0v) is 9.55. The molecule has 17 heavy (non-hydrogen) atoms. The topological polar surface area (TPSA) is 49.5 Å². The van der Waals surface area contributed by atoms with Gasteiger partial charge in [0, 0.05) is 0 Å². The number of fused-ring (bicyclic) bond motifs is 1. The smallest absolute Gasteiger partial charge is 0.361 e. The van der Waals surface area contributed by atoms with Crippen LogP contribution in [0.5, 0.6) is 17.2 Å². The number of ether oxygens (including phenoxy) is 5. The molecule has 0 aliphatic carbocycles. The van der Waals surface area contributed by atoms with Crippen molar-refractivity contribution in [2.45, 2.75) is 19.5 Å². The van der Waals surface area contributed by atoms with Crippen molar-refractivity contribution < 1.29 is 23.7 Å². The molecule has 2 atom stereocenters. The molecule has 1 aromatic carbocycles. The summed E-state index contributed by atoms with van der Waals surface area (Å²) in [4.78, 5) is 0. The molecular weight excluding hydrogens is 224 g/mol. The van der Waals surface area contributed by atoms with Gasteiger partial charge in [-0.05, 0) is 19.1 Å². The standard InChI is InChI=1S/C12H14O5/c1-2-13-12-16-10-5-3-4-9(11(10)17-12)15-7-8-6-14-8/h3-5,8,12H,2,6-7H2,1H3. The minimum atomic E-state index is -0.670. The minimum absolute atomic E-state index is 0.218. The number of hydrogen-bond acceptors (Lipinski definition) is 5. The summed E-state index contributed by atoms with van der Waals surface area (Å²) in [7, 11) is 0. The molecule has 0 aromatic heterocycles. The van der Waals surface area contributed by atoms with Crippen molar-refractivity contribution in [2.75, 3.05) is 19.8 Å². The predicted octanol–water partition coefficient (Wildman–Crippen LogP) is 1.56. The molecule has 0 bridgehead atoms. The maximum absolute atomic E-state index is 5.61. The number of rotatable bonds is 5. The van der Waals surface area contributed by atoms with Gasteiger partial charge in [0.1, 0.15) is 12.7 Å². The van der Waals surface area contributed by atoms with E-state index in [4.69, 9.17) is 23.7 Å². The molecule has 0 saturated carbocycles. The highest BCUT2D eigenvalue weighted by molar-refractivity contribution is 5.52. The summed E-state index contributed by atoms with van der Waals surface area (Å²) in [5.74, 6) is 1.92. The van der Waals surface area contributed by atoms with Crippen LogP contribution in [0.4, 0.5) is 0 Å². The zero-order valence-electron chi connectivity index (χ0n) is 9.55. The minimum Gasteiger partial charge on any atom is -0.487 e. The van der Waals surface area contributed by atoms with Crippen LogP contribution < -0.4 is 14.2 Å². The summed E-state index contributed by atoms with van der Waals surface area (Å²) in [6.45, 7) is 3.06. The van der Waals surface area contributed by atoms with E-state index < -0.39 is 6.48 Å². The third-order valence-electron chi connectivity index (χ3n) is 2.51. The van der Waals surface area contributed by atoms with Crippen LogP contribution in [-0.4, -0.2) is 32.4 Å². The van der Waals surface area contributed by atoms with E-state index in [9.17, 15) is 0 Å². The van der Waals surface area contributed by atoms with Crippen LogP contribution in [0.3, 0.4) is 0 Å². The molecule has 0 spiro atoms. The van der Waals surface area contributed by atoms with Gasteiger partial charge in [-0.2, -0.15) is 0 Å². The SMILES string of the molecule is CCOC1Oc2cccc(OCC3CO3)c2O1. The van der Waals surface area contributed by atoms with Gasteiger partial charge in [-0.15, -0.1) is 0 Å². The van der Waals surface area contributed by atoms with Crippen molar-refractivity contribution in [2.24, 2.45) is 0 Å². The highest BCUT2D eigenvalue weighted by atomic mass is 16.9. The maximum Gasteiger partial charge on any atom is 0.361 e. The molecule has 0 radical (unpaired) electrons. The second-order valence-electron chi connectivity index (χ2n) is 3.83. The summed E-state index contributed by atoms with van der Waals surface area (Å²) in [5, 5.41) is 0. The van der Waals surface area contributed by atoms with Crippen molar-refractivity contribution >= 4 is 0 Å². The average molecular weight is 238 g/mol. The van der Waals surface area contributed by atoms with Crippen molar-refractivity contribution in [3.63, 3.8) is 0 Å². The van der Waals surface area contributed by atoms with Crippen LogP contribution in [0.1, 0.15) is 6.92 Å². The van der Waals surface area contributed by atoms with Crippen LogP contribution in [0, 0.1) is 0 Å². The molecule has 1 saturated heterocycles. The van der Waals surface area contributed by atoms with Crippen LogP contribution >= 0.6 is 0 Å². The lowest BCUT2D eigenvalue weighted by Gasteiger charge is -2.09. The van der Waals surface area contributed by atoms with E-state index in [-0.39, 0.29) is 6.10 Å². The highest BCUT2D eigenvalue weighted by Gasteiger charge is 2.29. The Morgan fingerprint density at radius 3 is 3.00 bits per heavy atom. The molecule has 3 rings (SSSR count). The first-order chi connectivity index (χ1) is 8.36. The second kappa shape index (κ2) is 4.43. The quantitative estimate of drug-likeness (QED) is 0.728. The predicted molar refractivity (Wildman–Crippen MR) is 58.3 cm³/mol. The zero-order chi connectivity index (χ0) is 11.7. The fraction of sp³-hybridized carbons (Fsp3) is 0.500. The Kier molecular flexibility index (Phi) is 2.78. The van der Waals surface area contributed by atoms with Gasteiger partial charge in [0.2, 0.25) is 5.75 Å². The third-order valence-corrected chi connectivity index (χ3v) is 2.51. The number of epoxide rings is 1. The Morgan fingerprint density at radius 2 is 2.24 bits per heavy atom. The molecule has 0 amide bonds. The van der Waals surface area contributed by atoms with Gasteiger partial charge in [-0.1, -0.05) is 6.07 Å². The molecule has 5 heteroatoms. The first-order valence-corrected chi connectivity index (χ1v) is 5.69. The first-order valence-electron chi connectivity index (χ1n) is 5.69. The number of benzene rings is 1.